The number of carbonyl (C=O) groups excluding carboxylic acids is 2. The maximum absolute atomic E-state index is 11.5. The molecule has 0 saturated heterocycles. The molecule has 1 aromatic rings. The smallest absolute Gasteiger partial charge is 0.345 e. The van der Waals surface area contributed by atoms with E-state index in [0.717, 1.165) is 18.2 Å². The number of cyclic esters (lactones) is 2. The van der Waals surface area contributed by atoms with E-state index in [1.165, 1.54) is 0 Å². The first-order valence-electron chi connectivity index (χ1n) is 4.53. The summed E-state index contributed by atoms with van der Waals surface area (Å²) in [5, 5.41) is 0. The minimum atomic E-state index is -4.55. The van der Waals surface area contributed by atoms with Crippen LogP contribution in [0.2, 0.25) is 0 Å². The van der Waals surface area contributed by atoms with Crippen molar-refractivity contribution in [2.45, 2.75) is 4.90 Å². The van der Waals surface area contributed by atoms with E-state index in [0.29, 0.717) is 0 Å². The monoisotopic (exact) mass is 270 g/mol. The van der Waals surface area contributed by atoms with Crippen molar-refractivity contribution in [3.05, 3.63) is 41.9 Å². The van der Waals surface area contributed by atoms with E-state index in [1.54, 1.807) is 0 Å². The second kappa shape index (κ2) is 3.93. The molecule has 1 aliphatic rings. The molecule has 0 aliphatic carbocycles. The number of fused-ring (bicyclic) bond motifs is 2. The SMILES string of the molecule is C=C1OC(=O)c2cc(cc(S(=O)(=O)O)c2)C(=O)O1. The zero-order chi connectivity index (χ0) is 13.5. The lowest BCUT2D eigenvalue weighted by Gasteiger charge is -2.13. The molecule has 18 heavy (non-hydrogen) atoms. The fourth-order valence-corrected chi connectivity index (χ4v) is 1.88. The lowest BCUT2D eigenvalue weighted by atomic mass is 10.1. The van der Waals surface area contributed by atoms with Gasteiger partial charge in [0.25, 0.3) is 16.1 Å². The van der Waals surface area contributed by atoms with Crippen LogP contribution in [-0.2, 0) is 19.6 Å². The molecule has 1 heterocycles. The van der Waals surface area contributed by atoms with Gasteiger partial charge in [-0.05, 0) is 24.8 Å². The molecule has 94 valence electrons. The van der Waals surface area contributed by atoms with Crippen molar-refractivity contribution < 1.29 is 32.0 Å². The van der Waals surface area contributed by atoms with Gasteiger partial charge < -0.3 is 9.47 Å². The van der Waals surface area contributed by atoms with Crippen LogP contribution in [0.3, 0.4) is 0 Å². The molecule has 0 spiro atoms. The van der Waals surface area contributed by atoms with Gasteiger partial charge in [-0.1, -0.05) is 0 Å². The van der Waals surface area contributed by atoms with Crippen molar-refractivity contribution in [1.29, 1.82) is 0 Å². The molecule has 0 fully saturated rings. The Morgan fingerprint density at radius 1 is 1.00 bits per heavy atom. The van der Waals surface area contributed by atoms with Gasteiger partial charge in [-0.2, -0.15) is 8.42 Å². The van der Waals surface area contributed by atoms with E-state index in [4.69, 9.17) is 4.55 Å². The fraction of sp³-hybridized carbons (Fsp3) is 0. The fourth-order valence-electron chi connectivity index (χ4n) is 1.33. The van der Waals surface area contributed by atoms with Gasteiger partial charge in [0.15, 0.2) is 0 Å². The average Bonchev–Trinajstić information content (AvgIpc) is 2.26. The van der Waals surface area contributed by atoms with Gasteiger partial charge in [-0.15, -0.1) is 0 Å². The van der Waals surface area contributed by atoms with E-state index in [-0.39, 0.29) is 11.1 Å². The van der Waals surface area contributed by atoms with Gasteiger partial charge in [0, 0.05) is 0 Å². The van der Waals surface area contributed by atoms with E-state index in [9.17, 15) is 18.0 Å². The Kier molecular flexibility index (Phi) is 2.68. The largest absolute Gasteiger partial charge is 0.389 e. The summed E-state index contributed by atoms with van der Waals surface area (Å²) in [5.74, 6) is -2.40. The molecule has 8 heteroatoms. The Balaban J connectivity index is 2.69. The zero-order valence-electron chi connectivity index (χ0n) is 8.74. The Bertz CT molecular complexity index is 633. The number of esters is 2. The molecule has 0 aromatic heterocycles. The third kappa shape index (κ3) is 2.24. The highest BCUT2D eigenvalue weighted by molar-refractivity contribution is 7.85. The lowest BCUT2D eigenvalue weighted by Crippen LogP contribution is -2.17. The van der Waals surface area contributed by atoms with Crippen molar-refractivity contribution >= 4 is 22.1 Å². The van der Waals surface area contributed by atoms with Crippen LogP contribution >= 0.6 is 0 Å². The van der Waals surface area contributed by atoms with Gasteiger partial charge in [0.2, 0.25) is 0 Å². The Morgan fingerprint density at radius 2 is 1.44 bits per heavy atom. The van der Waals surface area contributed by atoms with Crippen LogP contribution in [0.15, 0.2) is 35.6 Å². The van der Waals surface area contributed by atoms with E-state index < -0.39 is 32.9 Å². The maximum atomic E-state index is 11.5. The second-order valence-electron chi connectivity index (χ2n) is 3.37. The molecule has 0 saturated carbocycles. The average molecular weight is 270 g/mol. The van der Waals surface area contributed by atoms with Crippen LogP contribution in [0.25, 0.3) is 0 Å². The molecular formula is C10H6O7S. The van der Waals surface area contributed by atoms with Gasteiger partial charge in [-0.3, -0.25) is 4.55 Å². The van der Waals surface area contributed by atoms with Crippen LogP contribution < -0.4 is 0 Å². The highest BCUT2D eigenvalue weighted by atomic mass is 32.2. The van der Waals surface area contributed by atoms with Crippen LogP contribution in [0.5, 0.6) is 0 Å². The maximum Gasteiger partial charge on any atom is 0.345 e. The van der Waals surface area contributed by atoms with Crippen LogP contribution in [0.1, 0.15) is 20.7 Å². The zero-order valence-corrected chi connectivity index (χ0v) is 9.56. The first-order chi connectivity index (χ1) is 8.27. The highest BCUT2D eigenvalue weighted by Gasteiger charge is 2.24. The van der Waals surface area contributed by atoms with Crippen molar-refractivity contribution in [2.75, 3.05) is 0 Å². The summed E-state index contributed by atoms with van der Waals surface area (Å²) in [5.41, 5.74) is -0.421. The summed E-state index contributed by atoms with van der Waals surface area (Å²) >= 11 is 0. The van der Waals surface area contributed by atoms with Crippen LogP contribution in [0.4, 0.5) is 0 Å². The number of hydrogen-bond donors (Lipinski definition) is 1. The quantitative estimate of drug-likeness (QED) is 0.592. The van der Waals surface area contributed by atoms with Crippen molar-refractivity contribution in [3.8, 4) is 0 Å². The summed E-state index contributed by atoms with van der Waals surface area (Å²) in [6.45, 7) is 3.18. The Morgan fingerprint density at radius 3 is 1.83 bits per heavy atom. The first-order valence-corrected chi connectivity index (χ1v) is 5.97. The predicted octanol–water partition coefficient (Wildman–Crippen LogP) is 0.732. The number of benzene rings is 1. The minimum absolute atomic E-state index is 0.210. The molecule has 1 aliphatic heterocycles. The molecule has 7 nitrogen and oxygen atoms in total. The van der Waals surface area contributed by atoms with E-state index in [1.807, 2.05) is 0 Å². The summed E-state index contributed by atoms with van der Waals surface area (Å²) < 4.78 is 39.9. The molecule has 2 bridgehead atoms. The summed E-state index contributed by atoms with van der Waals surface area (Å²) in [6.07, 6.45) is 0. The normalized spacial score (nSPS) is 15.5. The second-order valence-corrected chi connectivity index (χ2v) is 4.79. The summed E-state index contributed by atoms with van der Waals surface area (Å²) in [6, 6.07) is 2.85. The molecule has 1 N–H and O–H groups in total. The van der Waals surface area contributed by atoms with E-state index >= 15 is 0 Å². The minimum Gasteiger partial charge on any atom is -0.389 e. The van der Waals surface area contributed by atoms with Gasteiger partial charge >= 0.3 is 11.9 Å². The standard InChI is InChI=1S/C10H6O7S/c1-5-16-9(11)6-2-7(10(12)17-5)4-8(3-6)18(13,14)15/h2-4H,1H2,(H,13,14,15). The summed E-state index contributed by atoms with van der Waals surface area (Å²) in [7, 11) is -4.55. The molecular weight excluding hydrogens is 264 g/mol. The van der Waals surface area contributed by atoms with Gasteiger partial charge in [0.1, 0.15) is 0 Å². The predicted molar refractivity (Wildman–Crippen MR) is 56.2 cm³/mol. The highest BCUT2D eigenvalue weighted by Crippen LogP contribution is 2.20. The Hall–Kier alpha value is -2.19. The number of hydrogen-bond acceptors (Lipinski definition) is 6. The molecule has 0 unspecified atom stereocenters. The van der Waals surface area contributed by atoms with Crippen LogP contribution in [-0.4, -0.2) is 24.9 Å². The number of rotatable bonds is 1. The first kappa shape index (κ1) is 12.3. The Labute approximate surface area is 101 Å². The van der Waals surface area contributed by atoms with Gasteiger partial charge in [-0.25, -0.2) is 9.59 Å². The molecule has 1 aromatic carbocycles. The van der Waals surface area contributed by atoms with Gasteiger partial charge in [0.05, 0.1) is 16.0 Å². The molecule has 0 radical (unpaired) electrons. The molecule has 2 rings (SSSR count). The van der Waals surface area contributed by atoms with Crippen LogP contribution in [0, 0.1) is 0 Å². The molecule has 0 atom stereocenters. The topological polar surface area (TPSA) is 107 Å². The lowest BCUT2D eigenvalue weighted by molar-refractivity contribution is 0.0229. The third-order valence-corrected chi connectivity index (χ3v) is 2.92. The van der Waals surface area contributed by atoms with Crippen molar-refractivity contribution in [3.63, 3.8) is 0 Å². The van der Waals surface area contributed by atoms with Crippen molar-refractivity contribution in [1.82, 2.24) is 0 Å². The third-order valence-electron chi connectivity index (χ3n) is 2.09. The molecule has 0 amide bonds. The summed E-state index contributed by atoms with van der Waals surface area (Å²) in [4.78, 5) is 22.4. The van der Waals surface area contributed by atoms with Crippen molar-refractivity contribution in [2.24, 2.45) is 0 Å². The number of carbonyl (C=O) groups is 2. The van der Waals surface area contributed by atoms with E-state index in [2.05, 4.69) is 16.1 Å². The number of ether oxygens (including phenoxy) is 2.